The van der Waals surface area contributed by atoms with Gasteiger partial charge in [0.1, 0.15) is 6.04 Å². The SMILES string of the molecule is CCOCCS(=O)(=O)C[C@H](NC(C)=O)C(=O)O. The van der Waals surface area contributed by atoms with E-state index < -0.39 is 33.5 Å². The zero-order valence-corrected chi connectivity index (χ0v) is 10.6. The van der Waals surface area contributed by atoms with Crippen molar-refractivity contribution < 1.29 is 27.9 Å². The summed E-state index contributed by atoms with van der Waals surface area (Å²) in [7, 11) is -3.56. The van der Waals surface area contributed by atoms with Crippen LogP contribution in [0.25, 0.3) is 0 Å². The standard InChI is InChI=1S/C9H17NO6S/c1-3-16-4-5-17(14,15)6-8(9(12)13)10-7(2)11/h8H,3-6H2,1-2H3,(H,10,11)(H,12,13)/t8-/m0/s1. The molecule has 1 atom stereocenters. The minimum Gasteiger partial charge on any atom is -0.480 e. The summed E-state index contributed by atoms with van der Waals surface area (Å²) in [5, 5.41) is 10.8. The molecule has 0 aliphatic carbocycles. The minimum atomic E-state index is -3.56. The van der Waals surface area contributed by atoms with E-state index in [1.54, 1.807) is 6.92 Å². The van der Waals surface area contributed by atoms with Crippen LogP contribution in [-0.2, 0) is 24.2 Å². The summed E-state index contributed by atoms with van der Waals surface area (Å²) in [6.45, 7) is 3.27. The molecule has 0 unspecified atom stereocenters. The Balaban J connectivity index is 4.42. The van der Waals surface area contributed by atoms with Gasteiger partial charge in [-0.2, -0.15) is 0 Å². The molecule has 17 heavy (non-hydrogen) atoms. The highest BCUT2D eigenvalue weighted by molar-refractivity contribution is 7.91. The van der Waals surface area contributed by atoms with Gasteiger partial charge in [0.15, 0.2) is 9.84 Å². The third-order valence-corrected chi connectivity index (χ3v) is 3.47. The van der Waals surface area contributed by atoms with Crippen molar-refractivity contribution >= 4 is 21.7 Å². The van der Waals surface area contributed by atoms with Crippen molar-refractivity contribution in [2.45, 2.75) is 19.9 Å². The Kier molecular flexibility index (Phi) is 6.74. The molecule has 0 spiro atoms. The summed E-state index contributed by atoms with van der Waals surface area (Å²) in [4.78, 5) is 21.4. The van der Waals surface area contributed by atoms with Gasteiger partial charge in [-0.05, 0) is 6.92 Å². The molecular weight excluding hydrogens is 250 g/mol. The van der Waals surface area contributed by atoms with Gasteiger partial charge in [0.05, 0.1) is 18.1 Å². The number of carbonyl (C=O) groups is 2. The van der Waals surface area contributed by atoms with Crippen LogP contribution < -0.4 is 5.32 Å². The van der Waals surface area contributed by atoms with Crippen LogP contribution in [0.5, 0.6) is 0 Å². The molecule has 0 heterocycles. The fraction of sp³-hybridized carbons (Fsp3) is 0.778. The Morgan fingerprint density at radius 2 is 2.00 bits per heavy atom. The average molecular weight is 267 g/mol. The second-order valence-corrected chi connectivity index (χ2v) is 5.63. The highest BCUT2D eigenvalue weighted by Gasteiger charge is 2.25. The molecule has 8 heteroatoms. The number of hydrogen-bond donors (Lipinski definition) is 2. The lowest BCUT2D eigenvalue weighted by Crippen LogP contribution is -2.45. The van der Waals surface area contributed by atoms with Crippen molar-refractivity contribution in [1.82, 2.24) is 5.32 Å². The van der Waals surface area contributed by atoms with Gasteiger partial charge in [-0.15, -0.1) is 0 Å². The van der Waals surface area contributed by atoms with E-state index in [2.05, 4.69) is 5.32 Å². The van der Waals surface area contributed by atoms with Crippen molar-refractivity contribution in [1.29, 1.82) is 0 Å². The summed E-state index contributed by atoms with van der Waals surface area (Å²) in [5.41, 5.74) is 0. The van der Waals surface area contributed by atoms with E-state index in [1.807, 2.05) is 0 Å². The topological polar surface area (TPSA) is 110 Å². The maximum absolute atomic E-state index is 11.5. The number of hydrogen-bond acceptors (Lipinski definition) is 5. The van der Waals surface area contributed by atoms with Gasteiger partial charge in [0.25, 0.3) is 0 Å². The Morgan fingerprint density at radius 3 is 2.41 bits per heavy atom. The number of sulfone groups is 1. The van der Waals surface area contributed by atoms with E-state index in [1.165, 1.54) is 0 Å². The first-order valence-electron chi connectivity index (χ1n) is 5.06. The first-order valence-corrected chi connectivity index (χ1v) is 6.88. The zero-order valence-electron chi connectivity index (χ0n) is 9.80. The number of aliphatic carboxylic acids is 1. The third kappa shape index (κ3) is 7.70. The molecule has 0 fully saturated rings. The van der Waals surface area contributed by atoms with Crippen LogP contribution in [0, 0.1) is 0 Å². The lowest BCUT2D eigenvalue weighted by molar-refractivity contribution is -0.140. The number of rotatable bonds is 8. The van der Waals surface area contributed by atoms with Crippen LogP contribution >= 0.6 is 0 Å². The van der Waals surface area contributed by atoms with Crippen LogP contribution in [0.2, 0.25) is 0 Å². The largest absolute Gasteiger partial charge is 0.480 e. The van der Waals surface area contributed by atoms with Crippen molar-refractivity contribution in [2.75, 3.05) is 24.7 Å². The highest BCUT2D eigenvalue weighted by atomic mass is 32.2. The molecule has 0 saturated heterocycles. The number of carboxylic acid groups (broad SMARTS) is 1. The van der Waals surface area contributed by atoms with Crippen LogP contribution in [0.1, 0.15) is 13.8 Å². The van der Waals surface area contributed by atoms with Gasteiger partial charge >= 0.3 is 5.97 Å². The van der Waals surface area contributed by atoms with Gasteiger partial charge in [0.2, 0.25) is 5.91 Å². The van der Waals surface area contributed by atoms with Gasteiger partial charge in [-0.3, -0.25) is 4.79 Å². The Bertz CT molecular complexity index is 364. The second kappa shape index (κ2) is 7.23. The number of ether oxygens (including phenoxy) is 1. The summed E-state index contributed by atoms with van der Waals surface area (Å²) in [6, 6.07) is -1.42. The van der Waals surface area contributed by atoms with E-state index in [9.17, 15) is 18.0 Å². The smallest absolute Gasteiger partial charge is 0.327 e. The monoisotopic (exact) mass is 267 g/mol. The predicted molar refractivity (Wildman–Crippen MR) is 60.4 cm³/mol. The molecular formula is C9H17NO6S. The van der Waals surface area contributed by atoms with Gasteiger partial charge in [-0.25, -0.2) is 13.2 Å². The number of amides is 1. The lowest BCUT2D eigenvalue weighted by Gasteiger charge is -2.13. The van der Waals surface area contributed by atoms with Crippen LogP contribution in [0.4, 0.5) is 0 Å². The molecule has 0 saturated carbocycles. The number of carbonyl (C=O) groups excluding carboxylic acids is 1. The highest BCUT2D eigenvalue weighted by Crippen LogP contribution is 1.97. The summed E-state index contributed by atoms with van der Waals surface area (Å²) in [6.07, 6.45) is 0. The molecule has 100 valence electrons. The zero-order chi connectivity index (χ0) is 13.5. The summed E-state index contributed by atoms with van der Waals surface area (Å²) in [5.74, 6) is -2.85. The quantitative estimate of drug-likeness (QED) is 0.547. The second-order valence-electron chi connectivity index (χ2n) is 3.40. The lowest BCUT2D eigenvalue weighted by atomic mass is 10.3. The predicted octanol–water partition coefficient (Wildman–Crippen LogP) is -0.973. The van der Waals surface area contributed by atoms with Gasteiger partial charge in [-0.1, -0.05) is 0 Å². The van der Waals surface area contributed by atoms with Crippen molar-refractivity contribution in [3.05, 3.63) is 0 Å². The van der Waals surface area contributed by atoms with Crippen LogP contribution in [0.15, 0.2) is 0 Å². The summed E-state index contributed by atoms with van der Waals surface area (Å²) < 4.78 is 27.9. The Morgan fingerprint density at radius 1 is 1.41 bits per heavy atom. The number of nitrogens with one attached hydrogen (secondary N) is 1. The minimum absolute atomic E-state index is 0.0191. The Hall–Kier alpha value is -1.15. The van der Waals surface area contributed by atoms with Crippen LogP contribution in [0.3, 0.4) is 0 Å². The third-order valence-electron chi connectivity index (χ3n) is 1.84. The molecule has 7 nitrogen and oxygen atoms in total. The molecule has 0 aliphatic rings. The molecule has 0 aliphatic heterocycles. The first kappa shape index (κ1) is 15.9. The first-order chi connectivity index (χ1) is 7.78. The normalized spacial score (nSPS) is 13.1. The van der Waals surface area contributed by atoms with E-state index >= 15 is 0 Å². The molecule has 0 aromatic rings. The van der Waals surface area contributed by atoms with Gasteiger partial charge in [0, 0.05) is 13.5 Å². The molecule has 0 aromatic carbocycles. The average Bonchev–Trinajstić information content (AvgIpc) is 2.15. The van der Waals surface area contributed by atoms with E-state index in [-0.39, 0.29) is 12.4 Å². The molecule has 0 aromatic heterocycles. The van der Waals surface area contributed by atoms with Gasteiger partial charge < -0.3 is 15.2 Å². The molecule has 0 radical (unpaired) electrons. The fourth-order valence-electron chi connectivity index (χ4n) is 1.09. The maximum atomic E-state index is 11.5. The summed E-state index contributed by atoms with van der Waals surface area (Å²) >= 11 is 0. The molecule has 2 N–H and O–H groups in total. The van der Waals surface area contributed by atoms with E-state index in [0.29, 0.717) is 6.61 Å². The van der Waals surface area contributed by atoms with Crippen LogP contribution in [-0.4, -0.2) is 56.2 Å². The number of carboxylic acids is 1. The van der Waals surface area contributed by atoms with E-state index in [0.717, 1.165) is 6.92 Å². The van der Waals surface area contributed by atoms with Crippen molar-refractivity contribution in [3.8, 4) is 0 Å². The van der Waals surface area contributed by atoms with Crippen molar-refractivity contribution in [3.63, 3.8) is 0 Å². The molecule has 1 amide bonds. The maximum Gasteiger partial charge on any atom is 0.327 e. The Labute approximate surface area is 100 Å². The molecule has 0 rings (SSSR count). The fourth-order valence-corrected chi connectivity index (χ4v) is 2.36. The van der Waals surface area contributed by atoms with E-state index in [4.69, 9.17) is 9.84 Å². The molecule has 0 bridgehead atoms. The van der Waals surface area contributed by atoms with Crippen molar-refractivity contribution in [2.24, 2.45) is 0 Å².